The number of carbonyl (C=O) groups is 2. The first-order valence-corrected chi connectivity index (χ1v) is 8.68. The van der Waals surface area contributed by atoms with Crippen molar-refractivity contribution in [2.24, 2.45) is 0 Å². The number of hydrogen-bond acceptors (Lipinski definition) is 5. The molecule has 0 fully saturated rings. The molecule has 0 aliphatic heterocycles. The number of ketones is 1. The number of benzene rings is 1. The van der Waals surface area contributed by atoms with E-state index in [1.807, 2.05) is 12.3 Å². The number of aromatic nitrogens is 2. The zero-order valence-corrected chi connectivity index (χ0v) is 14.7. The molecule has 0 radical (unpaired) electrons. The van der Waals surface area contributed by atoms with Crippen LogP contribution in [0.2, 0.25) is 0 Å². The number of amides is 1. The van der Waals surface area contributed by atoms with Crippen LogP contribution in [0.15, 0.2) is 40.8 Å². The summed E-state index contributed by atoms with van der Waals surface area (Å²) in [5, 5.41) is 4.66. The molecule has 0 aliphatic rings. The van der Waals surface area contributed by atoms with Gasteiger partial charge in [-0.25, -0.2) is 4.98 Å². The van der Waals surface area contributed by atoms with E-state index in [1.54, 1.807) is 24.3 Å². The molecule has 1 aromatic carbocycles. The summed E-state index contributed by atoms with van der Waals surface area (Å²) in [6.45, 7) is 3.67. The van der Waals surface area contributed by atoms with Crippen molar-refractivity contribution < 1.29 is 9.59 Å². The van der Waals surface area contributed by atoms with E-state index in [2.05, 4.69) is 10.3 Å². The van der Waals surface area contributed by atoms with Crippen LogP contribution in [-0.4, -0.2) is 21.2 Å². The van der Waals surface area contributed by atoms with Crippen molar-refractivity contribution >= 4 is 38.9 Å². The SMILES string of the molecule is CC(=O)c1ccc(NC(=O)CCn2cnc3c(C)csc3c2=O)cc1. The third-order valence-electron chi connectivity index (χ3n) is 3.88. The number of nitrogens with one attached hydrogen (secondary N) is 1. The predicted octanol–water partition coefficient (Wildman–Crippen LogP) is 3.00. The summed E-state index contributed by atoms with van der Waals surface area (Å²) in [5.74, 6) is -0.228. The van der Waals surface area contributed by atoms with Gasteiger partial charge in [-0.3, -0.25) is 19.0 Å². The second-order valence-corrected chi connectivity index (χ2v) is 6.65. The fraction of sp³-hybridized carbons (Fsp3) is 0.222. The quantitative estimate of drug-likeness (QED) is 0.714. The number of thiophene rings is 1. The maximum Gasteiger partial charge on any atom is 0.271 e. The second kappa shape index (κ2) is 6.98. The highest BCUT2D eigenvalue weighted by Crippen LogP contribution is 2.19. The zero-order chi connectivity index (χ0) is 18.0. The topological polar surface area (TPSA) is 81.1 Å². The Morgan fingerprint density at radius 2 is 1.96 bits per heavy atom. The molecule has 3 rings (SSSR count). The summed E-state index contributed by atoms with van der Waals surface area (Å²) in [7, 11) is 0. The van der Waals surface area contributed by atoms with E-state index in [9.17, 15) is 14.4 Å². The third-order valence-corrected chi connectivity index (χ3v) is 4.95. The smallest absolute Gasteiger partial charge is 0.271 e. The van der Waals surface area contributed by atoms with Crippen molar-refractivity contribution in [3.8, 4) is 0 Å². The number of rotatable bonds is 5. The van der Waals surface area contributed by atoms with Crippen LogP contribution >= 0.6 is 11.3 Å². The first kappa shape index (κ1) is 17.0. The van der Waals surface area contributed by atoms with Crippen molar-refractivity contribution in [1.82, 2.24) is 9.55 Å². The third kappa shape index (κ3) is 3.66. The van der Waals surface area contributed by atoms with Crippen LogP contribution in [0.1, 0.15) is 29.3 Å². The predicted molar refractivity (Wildman–Crippen MR) is 98.3 cm³/mol. The van der Waals surface area contributed by atoms with Gasteiger partial charge in [0, 0.05) is 24.2 Å². The summed E-state index contributed by atoms with van der Waals surface area (Å²) in [6.07, 6.45) is 1.64. The van der Waals surface area contributed by atoms with E-state index >= 15 is 0 Å². The van der Waals surface area contributed by atoms with Crippen molar-refractivity contribution in [1.29, 1.82) is 0 Å². The van der Waals surface area contributed by atoms with Gasteiger partial charge in [0.15, 0.2) is 5.78 Å². The molecule has 6 nitrogen and oxygen atoms in total. The molecular weight excluding hydrogens is 338 g/mol. The van der Waals surface area contributed by atoms with E-state index in [1.165, 1.54) is 29.2 Å². The molecule has 128 valence electrons. The number of carbonyl (C=O) groups excluding carboxylic acids is 2. The summed E-state index contributed by atoms with van der Waals surface area (Å²) in [6, 6.07) is 6.70. The van der Waals surface area contributed by atoms with Crippen molar-refractivity contribution in [2.75, 3.05) is 5.32 Å². The Bertz CT molecular complexity index is 1000. The molecule has 0 spiro atoms. The highest BCUT2D eigenvalue weighted by atomic mass is 32.1. The number of fused-ring (bicyclic) bond motifs is 1. The molecule has 0 atom stereocenters. The lowest BCUT2D eigenvalue weighted by atomic mass is 10.1. The molecule has 0 saturated carbocycles. The molecule has 25 heavy (non-hydrogen) atoms. The highest BCUT2D eigenvalue weighted by molar-refractivity contribution is 7.17. The minimum Gasteiger partial charge on any atom is -0.326 e. The Morgan fingerprint density at radius 3 is 2.64 bits per heavy atom. The minimum atomic E-state index is -0.204. The highest BCUT2D eigenvalue weighted by Gasteiger charge is 2.10. The molecule has 0 saturated heterocycles. The Balaban J connectivity index is 1.65. The Hall–Kier alpha value is -2.80. The van der Waals surface area contributed by atoms with Gasteiger partial charge < -0.3 is 5.32 Å². The molecule has 1 N–H and O–H groups in total. The van der Waals surface area contributed by atoms with Gasteiger partial charge in [0.2, 0.25) is 5.91 Å². The van der Waals surface area contributed by atoms with Gasteiger partial charge in [0.05, 0.1) is 11.8 Å². The number of aryl methyl sites for hydroxylation is 2. The molecule has 7 heteroatoms. The first-order chi connectivity index (χ1) is 12.0. The molecule has 0 aliphatic carbocycles. The Labute approximate surface area is 148 Å². The Kier molecular flexibility index (Phi) is 4.76. The number of Topliss-reactive ketones (excluding diaryl/α,β-unsaturated/α-hetero) is 1. The molecule has 1 amide bonds. The van der Waals surface area contributed by atoms with Gasteiger partial charge in [-0.15, -0.1) is 11.3 Å². The number of hydrogen-bond donors (Lipinski definition) is 1. The zero-order valence-electron chi connectivity index (χ0n) is 13.9. The maximum atomic E-state index is 12.4. The van der Waals surface area contributed by atoms with Gasteiger partial charge in [0.25, 0.3) is 5.56 Å². The standard InChI is InChI=1S/C18H17N3O3S/c1-11-9-25-17-16(11)19-10-21(18(17)24)8-7-15(23)20-14-5-3-13(4-6-14)12(2)22/h3-6,9-10H,7-8H2,1-2H3,(H,20,23). The lowest BCUT2D eigenvalue weighted by Gasteiger charge is -2.07. The van der Waals surface area contributed by atoms with E-state index in [0.29, 0.717) is 16.0 Å². The minimum absolute atomic E-state index is 0.0241. The van der Waals surface area contributed by atoms with Crippen molar-refractivity contribution in [3.05, 3.63) is 57.5 Å². The monoisotopic (exact) mass is 355 g/mol. The molecule has 0 unspecified atom stereocenters. The molecule has 2 aromatic heterocycles. The van der Waals surface area contributed by atoms with Gasteiger partial charge in [-0.05, 0) is 49.1 Å². The van der Waals surface area contributed by atoms with Crippen LogP contribution in [0.5, 0.6) is 0 Å². The second-order valence-electron chi connectivity index (χ2n) is 5.77. The average molecular weight is 355 g/mol. The molecule has 2 heterocycles. The first-order valence-electron chi connectivity index (χ1n) is 7.80. The normalized spacial score (nSPS) is 10.8. The maximum absolute atomic E-state index is 12.4. The van der Waals surface area contributed by atoms with Gasteiger partial charge in [-0.2, -0.15) is 0 Å². The molecular formula is C18H17N3O3S. The lowest BCUT2D eigenvalue weighted by Crippen LogP contribution is -2.23. The summed E-state index contributed by atoms with van der Waals surface area (Å²) in [5.41, 5.74) is 2.79. The number of nitrogens with zero attached hydrogens (tertiary/aromatic N) is 2. The van der Waals surface area contributed by atoms with Crippen LogP contribution in [0.3, 0.4) is 0 Å². The van der Waals surface area contributed by atoms with Crippen molar-refractivity contribution in [3.63, 3.8) is 0 Å². The average Bonchev–Trinajstić information content (AvgIpc) is 2.97. The van der Waals surface area contributed by atoms with Crippen molar-refractivity contribution in [2.45, 2.75) is 26.8 Å². The van der Waals surface area contributed by atoms with Gasteiger partial charge in [-0.1, -0.05) is 0 Å². The summed E-state index contributed by atoms with van der Waals surface area (Å²) >= 11 is 1.37. The molecule has 3 aromatic rings. The summed E-state index contributed by atoms with van der Waals surface area (Å²) < 4.78 is 2.07. The lowest BCUT2D eigenvalue weighted by molar-refractivity contribution is -0.116. The largest absolute Gasteiger partial charge is 0.326 e. The van der Waals surface area contributed by atoms with E-state index in [0.717, 1.165) is 11.1 Å². The molecule has 0 bridgehead atoms. The summed E-state index contributed by atoms with van der Waals surface area (Å²) in [4.78, 5) is 40.0. The van der Waals surface area contributed by atoms with Gasteiger partial charge in [0.1, 0.15) is 4.70 Å². The van der Waals surface area contributed by atoms with E-state index < -0.39 is 0 Å². The fourth-order valence-corrected chi connectivity index (χ4v) is 3.40. The van der Waals surface area contributed by atoms with Crippen LogP contribution in [-0.2, 0) is 11.3 Å². The fourth-order valence-electron chi connectivity index (χ4n) is 2.45. The number of anilines is 1. The van der Waals surface area contributed by atoms with Gasteiger partial charge >= 0.3 is 0 Å². The van der Waals surface area contributed by atoms with Crippen LogP contribution in [0.25, 0.3) is 10.2 Å². The van der Waals surface area contributed by atoms with Crippen LogP contribution in [0, 0.1) is 6.92 Å². The Morgan fingerprint density at radius 1 is 1.24 bits per heavy atom. The van der Waals surface area contributed by atoms with Crippen LogP contribution in [0.4, 0.5) is 5.69 Å². The van der Waals surface area contributed by atoms with E-state index in [4.69, 9.17) is 0 Å². The van der Waals surface area contributed by atoms with Crippen LogP contribution < -0.4 is 10.9 Å². The van der Waals surface area contributed by atoms with E-state index in [-0.39, 0.29) is 30.2 Å².